The second-order valence-corrected chi connectivity index (χ2v) is 5.87. The first-order valence-electron chi connectivity index (χ1n) is 7.88. The van der Waals surface area contributed by atoms with Crippen molar-refractivity contribution in [2.24, 2.45) is 0 Å². The molecule has 0 N–H and O–H groups in total. The SMILES string of the molecule is O=C([O-])[C@@H]1CC(c2ccccc2)CN1C(=O)OCc1ccccc1. The van der Waals surface area contributed by atoms with Crippen molar-refractivity contribution in [1.82, 2.24) is 4.90 Å². The third-order valence-corrected chi connectivity index (χ3v) is 4.28. The maximum Gasteiger partial charge on any atom is 0.410 e. The number of aliphatic carboxylic acids is 1. The van der Waals surface area contributed by atoms with Crippen LogP contribution in [0.1, 0.15) is 23.5 Å². The zero-order chi connectivity index (χ0) is 16.9. The zero-order valence-electron chi connectivity index (χ0n) is 13.1. The summed E-state index contributed by atoms with van der Waals surface area (Å²) in [6.45, 7) is 0.433. The maximum absolute atomic E-state index is 12.3. The molecule has 2 aromatic carbocycles. The lowest BCUT2D eigenvalue weighted by Crippen LogP contribution is -2.47. The smallest absolute Gasteiger partial charge is 0.410 e. The Morgan fingerprint density at radius 1 is 1.04 bits per heavy atom. The number of nitrogens with zero attached hydrogens (tertiary/aromatic N) is 1. The predicted molar refractivity (Wildman–Crippen MR) is 85.9 cm³/mol. The molecule has 5 nitrogen and oxygen atoms in total. The van der Waals surface area contributed by atoms with Crippen LogP contribution in [-0.4, -0.2) is 29.5 Å². The molecule has 124 valence electrons. The summed E-state index contributed by atoms with van der Waals surface area (Å²) < 4.78 is 5.27. The van der Waals surface area contributed by atoms with Gasteiger partial charge in [0, 0.05) is 12.5 Å². The van der Waals surface area contributed by atoms with E-state index in [1.165, 1.54) is 4.90 Å². The van der Waals surface area contributed by atoms with E-state index in [0.717, 1.165) is 11.1 Å². The lowest BCUT2D eigenvalue weighted by atomic mass is 9.96. The summed E-state index contributed by atoms with van der Waals surface area (Å²) in [7, 11) is 0. The first kappa shape index (κ1) is 16.1. The Morgan fingerprint density at radius 2 is 1.67 bits per heavy atom. The monoisotopic (exact) mass is 324 g/mol. The Morgan fingerprint density at radius 3 is 2.29 bits per heavy atom. The van der Waals surface area contributed by atoms with Crippen molar-refractivity contribution in [2.75, 3.05) is 6.54 Å². The normalized spacial score (nSPS) is 19.9. The van der Waals surface area contributed by atoms with E-state index in [4.69, 9.17) is 4.74 Å². The molecule has 1 saturated heterocycles. The van der Waals surface area contributed by atoms with Crippen molar-refractivity contribution < 1.29 is 19.4 Å². The molecule has 0 spiro atoms. The highest BCUT2D eigenvalue weighted by atomic mass is 16.6. The van der Waals surface area contributed by atoms with Gasteiger partial charge in [0.05, 0.1) is 12.0 Å². The van der Waals surface area contributed by atoms with Crippen molar-refractivity contribution in [1.29, 1.82) is 0 Å². The van der Waals surface area contributed by atoms with Crippen molar-refractivity contribution in [3.8, 4) is 0 Å². The van der Waals surface area contributed by atoms with Crippen LogP contribution in [0.15, 0.2) is 60.7 Å². The van der Waals surface area contributed by atoms with Crippen molar-refractivity contribution in [3.05, 3.63) is 71.8 Å². The fraction of sp³-hybridized carbons (Fsp3) is 0.263. The van der Waals surface area contributed by atoms with E-state index in [0.29, 0.717) is 13.0 Å². The van der Waals surface area contributed by atoms with Crippen molar-refractivity contribution >= 4 is 12.1 Å². The molecule has 24 heavy (non-hydrogen) atoms. The number of hydrogen-bond acceptors (Lipinski definition) is 4. The van der Waals surface area contributed by atoms with E-state index in [2.05, 4.69) is 0 Å². The Kier molecular flexibility index (Phi) is 4.79. The van der Waals surface area contributed by atoms with Gasteiger partial charge in [-0.15, -0.1) is 0 Å². The number of likely N-dealkylation sites (tertiary alicyclic amines) is 1. The lowest BCUT2D eigenvalue weighted by molar-refractivity contribution is -0.310. The highest BCUT2D eigenvalue weighted by molar-refractivity contribution is 5.79. The summed E-state index contributed by atoms with van der Waals surface area (Å²) in [5.74, 6) is -1.27. The van der Waals surface area contributed by atoms with Gasteiger partial charge in [0.1, 0.15) is 6.61 Å². The highest BCUT2D eigenvalue weighted by Gasteiger charge is 2.37. The van der Waals surface area contributed by atoms with E-state index in [9.17, 15) is 14.7 Å². The number of carboxylic acids is 1. The molecule has 0 bridgehead atoms. The van der Waals surface area contributed by atoms with Gasteiger partial charge in [0.25, 0.3) is 0 Å². The molecule has 0 saturated carbocycles. The number of carboxylic acid groups (broad SMARTS) is 1. The molecule has 5 heteroatoms. The van der Waals surface area contributed by atoms with E-state index >= 15 is 0 Å². The van der Waals surface area contributed by atoms with Gasteiger partial charge in [-0.05, 0) is 17.5 Å². The Bertz CT molecular complexity index is 702. The molecule has 1 amide bonds. The summed E-state index contributed by atoms with van der Waals surface area (Å²) in [4.78, 5) is 25.0. The van der Waals surface area contributed by atoms with Crippen LogP contribution in [0, 0.1) is 0 Å². The minimum atomic E-state index is -1.25. The topological polar surface area (TPSA) is 69.7 Å². The molecular formula is C19H18NO4-. The summed E-state index contributed by atoms with van der Waals surface area (Å²) in [6.07, 6.45) is -0.279. The molecule has 1 unspecified atom stereocenters. The zero-order valence-corrected chi connectivity index (χ0v) is 13.1. The van der Waals surface area contributed by atoms with Crippen LogP contribution in [0.5, 0.6) is 0 Å². The Balaban J connectivity index is 1.68. The number of carbonyl (C=O) groups is 2. The third-order valence-electron chi connectivity index (χ3n) is 4.28. The first-order valence-corrected chi connectivity index (χ1v) is 7.88. The molecule has 0 aromatic heterocycles. The highest BCUT2D eigenvalue weighted by Crippen LogP contribution is 2.32. The molecule has 2 atom stereocenters. The average molecular weight is 324 g/mol. The molecular weight excluding hydrogens is 306 g/mol. The van der Waals surface area contributed by atoms with Gasteiger partial charge < -0.3 is 14.6 Å². The second kappa shape index (κ2) is 7.17. The van der Waals surface area contributed by atoms with E-state index in [-0.39, 0.29) is 12.5 Å². The number of amides is 1. The molecule has 1 fully saturated rings. The molecule has 1 heterocycles. The fourth-order valence-electron chi connectivity index (χ4n) is 3.03. The quantitative estimate of drug-likeness (QED) is 0.862. The van der Waals surface area contributed by atoms with Crippen LogP contribution < -0.4 is 5.11 Å². The summed E-state index contributed by atoms with van der Waals surface area (Å²) in [5, 5.41) is 11.4. The standard InChI is InChI=1S/C19H19NO4/c21-18(22)17-11-16(15-9-5-2-6-10-15)12-20(17)19(23)24-13-14-7-3-1-4-8-14/h1-10,16-17H,11-13H2,(H,21,22)/p-1/t16?,17-/m0/s1. The van der Waals surface area contributed by atoms with Crippen LogP contribution >= 0.6 is 0 Å². The second-order valence-electron chi connectivity index (χ2n) is 5.87. The van der Waals surface area contributed by atoms with Gasteiger partial charge >= 0.3 is 6.09 Å². The van der Waals surface area contributed by atoms with Gasteiger partial charge in [0.15, 0.2) is 0 Å². The average Bonchev–Trinajstić information content (AvgIpc) is 3.07. The van der Waals surface area contributed by atoms with Crippen molar-refractivity contribution in [2.45, 2.75) is 25.0 Å². The Labute approximate surface area is 140 Å². The summed E-state index contributed by atoms with van der Waals surface area (Å²) >= 11 is 0. The lowest BCUT2D eigenvalue weighted by Gasteiger charge is -2.24. The number of rotatable bonds is 4. The number of benzene rings is 2. The number of hydrogen-bond donors (Lipinski definition) is 0. The van der Waals surface area contributed by atoms with Crippen LogP contribution in [0.2, 0.25) is 0 Å². The minimum absolute atomic E-state index is 0.0293. The van der Waals surface area contributed by atoms with E-state index < -0.39 is 18.1 Å². The molecule has 0 radical (unpaired) electrons. The predicted octanol–water partition coefficient (Wildman–Crippen LogP) is 1.93. The minimum Gasteiger partial charge on any atom is -0.548 e. The molecule has 2 aromatic rings. The number of carbonyl (C=O) groups excluding carboxylic acids is 2. The molecule has 3 rings (SSSR count). The van der Waals surface area contributed by atoms with Gasteiger partial charge in [-0.2, -0.15) is 0 Å². The third kappa shape index (κ3) is 3.56. The molecule has 1 aliphatic rings. The van der Waals surface area contributed by atoms with Gasteiger partial charge in [-0.1, -0.05) is 60.7 Å². The van der Waals surface area contributed by atoms with Crippen LogP contribution in [-0.2, 0) is 16.1 Å². The van der Waals surface area contributed by atoms with Crippen LogP contribution in [0.25, 0.3) is 0 Å². The maximum atomic E-state index is 12.3. The summed E-state index contributed by atoms with van der Waals surface area (Å²) in [5.41, 5.74) is 1.87. The summed E-state index contributed by atoms with van der Waals surface area (Å²) in [6, 6.07) is 17.9. The van der Waals surface area contributed by atoms with Crippen LogP contribution in [0.3, 0.4) is 0 Å². The van der Waals surface area contributed by atoms with Crippen LogP contribution in [0.4, 0.5) is 4.79 Å². The van der Waals surface area contributed by atoms with Gasteiger partial charge in [0.2, 0.25) is 0 Å². The van der Waals surface area contributed by atoms with Crippen molar-refractivity contribution in [3.63, 3.8) is 0 Å². The largest absolute Gasteiger partial charge is 0.548 e. The van der Waals surface area contributed by atoms with Gasteiger partial charge in [-0.25, -0.2) is 4.79 Å². The van der Waals surface area contributed by atoms with E-state index in [1.54, 1.807) is 0 Å². The van der Waals surface area contributed by atoms with E-state index in [1.807, 2.05) is 60.7 Å². The number of ether oxygens (including phenoxy) is 1. The Hall–Kier alpha value is -2.82. The fourth-order valence-corrected chi connectivity index (χ4v) is 3.03. The molecule has 0 aliphatic carbocycles. The van der Waals surface area contributed by atoms with Gasteiger partial charge in [-0.3, -0.25) is 4.90 Å². The molecule has 1 aliphatic heterocycles. The first-order chi connectivity index (χ1) is 11.6.